The molecule has 2 heterocycles. The lowest BCUT2D eigenvalue weighted by Crippen LogP contribution is -2.35. The zero-order valence-corrected chi connectivity index (χ0v) is 14.0. The zero-order valence-electron chi connectivity index (χ0n) is 13.2. The van der Waals surface area contributed by atoms with E-state index in [1.54, 1.807) is 0 Å². The van der Waals surface area contributed by atoms with Crippen LogP contribution in [0, 0.1) is 0 Å². The van der Waals surface area contributed by atoms with Gasteiger partial charge in [0.1, 0.15) is 0 Å². The predicted octanol–water partition coefficient (Wildman–Crippen LogP) is -0.663. The van der Waals surface area contributed by atoms with Crippen LogP contribution in [0.3, 0.4) is 0 Å². The van der Waals surface area contributed by atoms with Gasteiger partial charge in [-0.2, -0.15) is 13.5 Å². The highest BCUT2D eigenvalue weighted by atomic mass is 32.3. The Balaban J connectivity index is 1.89. The van der Waals surface area contributed by atoms with Gasteiger partial charge in [-0.05, 0) is 26.3 Å². The number of carbonyl (C=O) groups excluding carboxylic acids is 1. The Labute approximate surface area is 139 Å². The summed E-state index contributed by atoms with van der Waals surface area (Å²) >= 11 is 0. The number of nitrogens with zero attached hydrogens (tertiary/aromatic N) is 3. The molecule has 1 amide bonds. The van der Waals surface area contributed by atoms with Crippen molar-refractivity contribution in [3.05, 3.63) is 11.8 Å². The first kappa shape index (κ1) is 18.7. The van der Waals surface area contributed by atoms with E-state index in [0.717, 1.165) is 0 Å². The smallest absolute Gasteiger partial charge is 0.418 e. The standard InChI is InChI=1S/C12H21N5O6S/c1-14-7-6-10-15-16-12(22-10)9(13)4-2-8-3-5-11(18)17(8)23-24(19,20)21/h8-9,14H,2-7,13H2,1H3,(H,19,20,21)/t8-,9+/m1/s1. The minimum atomic E-state index is -4.74. The second-order valence-electron chi connectivity index (χ2n) is 5.49. The summed E-state index contributed by atoms with van der Waals surface area (Å²) in [5.41, 5.74) is 6.00. The fourth-order valence-corrected chi connectivity index (χ4v) is 2.84. The molecule has 1 saturated heterocycles. The Hall–Kier alpha value is -1.60. The van der Waals surface area contributed by atoms with Crippen LogP contribution in [0.1, 0.15) is 43.5 Å². The minimum Gasteiger partial charge on any atom is -0.424 e. The van der Waals surface area contributed by atoms with Gasteiger partial charge in [-0.15, -0.1) is 14.5 Å². The average molecular weight is 363 g/mol. The summed E-state index contributed by atoms with van der Waals surface area (Å²) in [6, 6.07) is -1.03. The molecule has 0 aliphatic carbocycles. The van der Waals surface area contributed by atoms with Crippen LogP contribution in [-0.4, -0.2) is 53.8 Å². The highest BCUT2D eigenvalue weighted by Gasteiger charge is 2.35. The third-order valence-corrected chi connectivity index (χ3v) is 3.99. The van der Waals surface area contributed by atoms with Gasteiger partial charge in [-0.3, -0.25) is 9.35 Å². The van der Waals surface area contributed by atoms with E-state index in [9.17, 15) is 13.2 Å². The molecule has 4 N–H and O–H groups in total. The molecule has 12 heteroatoms. The Morgan fingerprint density at radius 1 is 1.54 bits per heavy atom. The number of rotatable bonds is 9. The predicted molar refractivity (Wildman–Crippen MR) is 80.6 cm³/mol. The highest BCUT2D eigenvalue weighted by molar-refractivity contribution is 7.80. The topological polar surface area (TPSA) is 161 Å². The number of hydrogen-bond donors (Lipinski definition) is 3. The second-order valence-corrected chi connectivity index (χ2v) is 6.49. The fraction of sp³-hybridized carbons (Fsp3) is 0.750. The molecule has 136 valence electrons. The number of hydroxylamine groups is 2. The van der Waals surface area contributed by atoms with Gasteiger partial charge in [0.2, 0.25) is 17.7 Å². The maximum absolute atomic E-state index is 11.6. The number of hydrogen-bond acceptors (Lipinski definition) is 9. The number of nitrogens with two attached hydrogens (primary N) is 1. The van der Waals surface area contributed by atoms with Gasteiger partial charge in [-0.1, -0.05) is 0 Å². The van der Waals surface area contributed by atoms with Crippen molar-refractivity contribution >= 4 is 16.3 Å². The summed E-state index contributed by atoms with van der Waals surface area (Å²) in [5.74, 6) is 0.258. The van der Waals surface area contributed by atoms with Crippen molar-refractivity contribution in [1.82, 2.24) is 20.6 Å². The van der Waals surface area contributed by atoms with Gasteiger partial charge in [0, 0.05) is 19.4 Å². The van der Waals surface area contributed by atoms with E-state index in [0.29, 0.717) is 43.2 Å². The van der Waals surface area contributed by atoms with Crippen LogP contribution in [0.15, 0.2) is 4.42 Å². The highest BCUT2D eigenvalue weighted by Crippen LogP contribution is 2.26. The SMILES string of the molecule is CNCCc1nnc([C@@H](N)CC[C@@H]2CCC(=O)N2OS(=O)(=O)O)o1. The quantitative estimate of drug-likeness (QED) is 0.480. The molecule has 2 rings (SSSR count). The number of nitrogens with one attached hydrogen (secondary N) is 1. The first-order valence-corrected chi connectivity index (χ1v) is 8.88. The van der Waals surface area contributed by atoms with Crippen molar-refractivity contribution in [2.75, 3.05) is 13.6 Å². The Kier molecular flexibility index (Phi) is 6.23. The molecular weight excluding hydrogens is 342 g/mol. The van der Waals surface area contributed by atoms with Crippen molar-refractivity contribution in [2.24, 2.45) is 5.73 Å². The van der Waals surface area contributed by atoms with Gasteiger partial charge >= 0.3 is 10.4 Å². The largest absolute Gasteiger partial charge is 0.424 e. The van der Waals surface area contributed by atoms with Crippen LogP contribution in [0.5, 0.6) is 0 Å². The van der Waals surface area contributed by atoms with Crippen LogP contribution in [0.25, 0.3) is 0 Å². The molecule has 0 bridgehead atoms. The average Bonchev–Trinajstić information content (AvgIpc) is 3.10. The summed E-state index contributed by atoms with van der Waals surface area (Å²) < 4.78 is 40.1. The van der Waals surface area contributed by atoms with Crippen LogP contribution in [-0.2, 0) is 25.9 Å². The molecule has 1 aromatic heterocycles. The molecular formula is C12H21N5O6S. The maximum Gasteiger partial charge on any atom is 0.418 e. The number of carbonyl (C=O) groups is 1. The van der Waals surface area contributed by atoms with E-state index in [1.807, 2.05) is 7.05 Å². The molecule has 2 atom stereocenters. The number of amides is 1. The van der Waals surface area contributed by atoms with Gasteiger partial charge in [0.15, 0.2) is 0 Å². The van der Waals surface area contributed by atoms with Crippen LogP contribution < -0.4 is 11.1 Å². The molecule has 0 unspecified atom stereocenters. The summed E-state index contributed by atoms with van der Waals surface area (Å²) in [5, 5.41) is 11.4. The molecule has 1 aliphatic rings. The van der Waals surface area contributed by atoms with Crippen LogP contribution in [0.4, 0.5) is 0 Å². The molecule has 24 heavy (non-hydrogen) atoms. The third kappa shape index (κ3) is 5.21. The fourth-order valence-electron chi connectivity index (χ4n) is 2.43. The Morgan fingerprint density at radius 2 is 2.29 bits per heavy atom. The van der Waals surface area contributed by atoms with Gasteiger partial charge < -0.3 is 15.5 Å². The van der Waals surface area contributed by atoms with Crippen molar-refractivity contribution in [2.45, 2.75) is 44.2 Å². The number of likely N-dealkylation sites (N-methyl/N-ethyl adjacent to an activating group) is 1. The Morgan fingerprint density at radius 3 is 2.96 bits per heavy atom. The molecule has 0 saturated carbocycles. The summed E-state index contributed by atoms with van der Waals surface area (Å²) in [4.78, 5) is 11.6. The van der Waals surface area contributed by atoms with Gasteiger partial charge in [0.05, 0.1) is 12.1 Å². The first-order valence-electron chi connectivity index (χ1n) is 7.51. The van der Waals surface area contributed by atoms with Crippen LogP contribution in [0.2, 0.25) is 0 Å². The lowest BCUT2D eigenvalue weighted by molar-refractivity contribution is -0.157. The van der Waals surface area contributed by atoms with E-state index in [2.05, 4.69) is 19.8 Å². The third-order valence-electron chi connectivity index (χ3n) is 3.64. The van der Waals surface area contributed by atoms with E-state index < -0.39 is 28.4 Å². The van der Waals surface area contributed by atoms with E-state index in [1.165, 1.54) is 0 Å². The lowest BCUT2D eigenvalue weighted by Gasteiger charge is -2.22. The number of aromatic nitrogens is 2. The molecule has 0 aromatic carbocycles. The normalized spacial score (nSPS) is 19.9. The lowest BCUT2D eigenvalue weighted by atomic mass is 10.1. The summed E-state index contributed by atoms with van der Waals surface area (Å²) in [7, 11) is -2.93. The van der Waals surface area contributed by atoms with E-state index >= 15 is 0 Å². The first-order chi connectivity index (χ1) is 11.3. The molecule has 1 fully saturated rings. The molecule has 0 spiro atoms. The zero-order chi connectivity index (χ0) is 17.7. The van der Waals surface area contributed by atoms with Gasteiger partial charge in [0.25, 0.3) is 0 Å². The van der Waals surface area contributed by atoms with E-state index in [4.69, 9.17) is 14.7 Å². The molecule has 1 aromatic rings. The summed E-state index contributed by atoms with van der Waals surface area (Å²) in [6.07, 6.45) is 1.90. The Bertz CT molecular complexity index is 663. The van der Waals surface area contributed by atoms with Crippen molar-refractivity contribution in [3.8, 4) is 0 Å². The minimum absolute atomic E-state index is 0.143. The van der Waals surface area contributed by atoms with Crippen molar-refractivity contribution in [1.29, 1.82) is 0 Å². The molecule has 0 radical (unpaired) electrons. The maximum atomic E-state index is 11.6. The van der Waals surface area contributed by atoms with Gasteiger partial charge in [-0.25, -0.2) is 0 Å². The molecule has 1 aliphatic heterocycles. The summed E-state index contributed by atoms with van der Waals surface area (Å²) in [6.45, 7) is 0.697. The molecule has 11 nitrogen and oxygen atoms in total. The monoisotopic (exact) mass is 363 g/mol. The second kappa shape index (κ2) is 7.98. The van der Waals surface area contributed by atoms with Crippen molar-refractivity contribution < 1.29 is 26.5 Å². The van der Waals surface area contributed by atoms with Crippen LogP contribution >= 0.6 is 0 Å². The van der Waals surface area contributed by atoms with E-state index in [-0.39, 0.29) is 12.3 Å². The van der Waals surface area contributed by atoms with Crippen molar-refractivity contribution in [3.63, 3.8) is 0 Å².